The Morgan fingerprint density at radius 2 is 1.84 bits per heavy atom. The molecule has 2 atom stereocenters. The molecule has 1 aromatic heterocycles. The Hall–Kier alpha value is -4.87. The maximum absolute atomic E-state index is 13.5. The third-order valence-electron chi connectivity index (χ3n) is 6.28. The molecule has 3 aromatic rings. The number of aryl methyl sites for hydroxylation is 1. The standard InChI is InChI=1S/C26H27F3N6O8S/c1-4-41-25(37)42-17(3)43-32-35(38)33-14-13-21(33)24(36)31-44(39,40)20-11-9-19(10-12-20)34-22(15-23(30-34)26(27,28)29)18-7-5-16(2)6-8-18/h5-12,15,17,21H,4,13-14H2,1-3H3,(H,31,36)/b35-32-/t17?,21-/m0/s1. The Kier molecular flexibility index (Phi) is 9.31. The number of rotatable bonds is 10. The van der Waals surface area contributed by atoms with E-state index in [1.165, 1.54) is 19.1 Å². The van der Waals surface area contributed by atoms with Crippen molar-refractivity contribution < 1.29 is 50.5 Å². The lowest BCUT2D eigenvalue weighted by atomic mass is 10.1. The zero-order valence-electron chi connectivity index (χ0n) is 23.5. The second kappa shape index (κ2) is 12.8. The molecule has 2 aromatic carbocycles. The van der Waals surface area contributed by atoms with E-state index in [0.29, 0.717) is 5.56 Å². The van der Waals surface area contributed by atoms with E-state index < -0.39 is 46.3 Å². The van der Waals surface area contributed by atoms with Crippen LogP contribution in [0, 0.1) is 12.1 Å². The van der Waals surface area contributed by atoms with Gasteiger partial charge in [0.25, 0.3) is 22.2 Å². The molecular weight excluding hydrogens is 613 g/mol. The highest BCUT2D eigenvalue weighted by Gasteiger charge is 2.42. The minimum atomic E-state index is -4.72. The Morgan fingerprint density at radius 3 is 2.41 bits per heavy atom. The zero-order valence-corrected chi connectivity index (χ0v) is 24.3. The third-order valence-corrected chi connectivity index (χ3v) is 7.64. The largest absolute Gasteiger partial charge is 0.569 e. The van der Waals surface area contributed by atoms with E-state index in [9.17, 15) is 36.4 Å². The van der Waals surface area contributed by atoms with Crippen molar-refractivity contribution in [3.8, 4) is 16.9 Å². The Morgan fingerprint density at radius 1 is 1.18 bits per heavy atom. The Bertz CT molecular complexity index is 1640. The van der Waals surface area contributed by atoms with Crippen LogP contribution in [0.4, 0.5) is 18.0 Å². The van der Waals surface area contributed by atoms with E-state index >= 15 is 0 Å². The summed E-state index contributed by atoms with van der Waals surface area (Å²) in [5.74, 6) is -1.03. The van der Waals surface area contributed by atoms with Crippen LogP contribution in [-0.2, 0) is 35.3 Å². The summed E-state index contributed by atoms with van der Waals surface area (Å²) in [6.45, 7) is 4.74. The molecule has 1 aliphatic rings. The Labute approximate surface area is 249 Å². The number of alkyl halides is 3. The first-order valence-electron chi connectivity index (χ1n) is 13.0. The number of ether oxygens (including phenoxy) is 2. The van der Waals surface area contributed by atoms with E-state index in [1.54, 1.807) is 31.2 Å². The highest BCUT2D eigenvalue weighted by Crippen LogP contribution is 2.33. The number of halogens is 3. The molecule has 0 aliphatic carbocycles. The van der Waals surface area contributed by atoms with Crippen LogP contribution >= 0.6 is 0 Å². The van der Waals surface area contributed by atoms with Gasteiger partial charge in [-0.05, 0) is 44.2 Å². The second-order valence-electron chi connectivity index (χ2n) is 9.43. The summed E-state index contributed by atoms with van der Waals surface area (Å²) in [5.41, 5.74) is 0.491. The van der Waals surface area contributed by atoms with Gasteiger partial charge in [0, 0.05) is 18.9 Å². The van der Waals surface area contributed by atoms with Gasteiger partial charge in [0.1, 0.15) is 0 Å². The normalized spacial score (nSPS) is 16.1. The molecule has 4 rings (SSSR count). The number of sulfonamides is 1. The molecule has 44 heavy (non-hydrogen) atoms. The van der Waals surface area contributed by atoms with Crippen LogP contribution in [0.5, 0.6) is 0 Å². The van der Waals surface area contributed by atoms with E-state index in [1.807, 2.05) is 11.6 Å². The summed E-state index contributed by atoms with van der Waals surface area (Å²) in [6, 6.07) is 11.1. The van der Waals surface area contributed by atoms with Gasteiger partial charge in [-0.25, -0.2) is 22.6 Å². The highest BCUT2D eigenvalue weighted by atomic mass is 32.2. The number of carbonyl (C=O) groups is 2. The lowest BCUT2D eigenvalue weighted by Crippen LogP contribution is -2.59. The lowest BCUT2D eigenvalue weighted by Gasteiger charge is -2.33. The second-order valence-corrected chi connectivity index (χ2v) is 11.1. The van der Waals surface area contributed by atoms with Gasteiger partial charge in [-0.15, -0.1) is 5.01 Å². The first kappa shape index (κ1) is 32.1. The van der Waals surface area contributed by atoms with Crippen LogP contribution in [0.15, 0.2) is 64.8 Å². The number of hydrogen-bond donors (Lipinski definition) is 1. The summed E-state index contributed by atoms with van der Waals surface area (Å²) in [6.07, 6.45) is -6.94. The number of hydrogen-bond acceptors (Lipinski definition) is 10. The molecule has 18 heteroatoms. The predicted octanol–water partition coefficient (Wildman–Crippen LogP) is 4.07. The van der Waals surface area contributed by atoms with Crippen molar-refractivity contribution in [2.75, 3.05) is 13.2 Å². The molecule has 2 heterocycles. The van der Waals surface area contributed by atoms with Crippen LogP contribution in [0.3, 0.4) is 0 Å². The number of carbonyl (C=O) groups excluding carboxylic acids is 2. The first-order valence-corrected chi connectivity index (χ1v) is 14.5. The van der Waals surface area contributed by atoms with Crippen molar-refractivity contribution >= 4 is 22.1 Å². The van der Waals surface area contributed by atoms with Crippen LogP contribution in [-0.4, -0.2) is 65.7 Å². The fraction of sp³-hybridized carbons (Fsp3) is 0.346. The minimum Gasteiger partial charge on any atom is -0.569 e. The van der Waals surface area contributed by atoms with Crippen LogP contribution in [0.1, 0.15) is 31.5 Å². The number of nitrogens with one attached hydrogen (secondary N) is 1. The van der Waals surface area contributed by atoms with E-state index in [4.69, 9.17) is 4.84 Å². The quantitative estimate of drug-likeness (QED) is 0.112. The topological polar surface area (TPSA) is 167 Å². The molecule has 0 saturated carbocycles. The molecule has 236 valence electrons. The monoisotopic (exact) mass is 640 g/mol. The minimum absolute atomic E-state index is 0.0450. The maximum Gasteiger partial charge on any atom is 0.511 e. The van der Waals surface area contributed by atoms with Crippen molar-refractivity contribution in [3.05, 3.63) is 71.1 Å². The SMILES string of the molecule is CCOC(=O)OC(C)O/N=[N+](\[O-])N1CC[C@H]1C(=O)NS(=O)(=O)c1ccc(-n2nc(C(F)(F)F)cc2-c2ccc(C)cc2)cc1. The van der Waals surface area contributed by atoms with Crippen molar-refractivity contribution in [2.45, 2.75) is 50.6 Å². The summed E-state index contributed by atoms with van der Waals surface area (Å²) < 4.78 is 78.4. The molecule has 1 N–H and O–H groups in total. The van der Waals surface area contributed by atoms with E-state index in [2.05, 4.69) is 19.8 Å². The van der Waals surface area contributed by atoms with Crippen LogP contribution in [0.25, 0.3) is 16.9 Å². The number of amides is 1. The highest BCUT2D eigenvalue weighted by molar-refractivity contribution is 7.90. The average molecular weight is 641 g/mol. The van der Waals surface area contributed by atoms with E-state index in [-0.39, 0.29) is 40.8 Å². The zero-order chi connectivity index (χ0) is 32.2. The van der Waals surface area contributed by atoms with Crippen LogP contribution < -0.4 is 4.72 Å². The third kappa shape index (κ3) is 7.36. The van der Waals surface area contributed by atoms with Gasteiger partial charge in [0.2, 0.25) is 5.28 Å². The van der Waals surface area contributed by atoms with Crippen molar-refractivity contribution in [2.24, 2.45) is 5.28 Å². The fourth-order valence-corrected chi connectivity index (χ4v) is 4.99. The lowest BCUT2D eigenvalue weighted by molar-refractivity contribution is -0.730. The van der Waals surface area contributed by atoms with Crippen LogP contribution in [0.2, 0.25) is 0 Å². The van der Waals surface area contributed by atoms with Gasteiger partial charge in [-0.2, -0.15) is 18.3 Å². The van der Waals surface area contributed by atoms with Gasteiger partial charge in [0.05, 0.1) is 34.4 Å². The number of aromatic nitrogens is 2. The molecule has 0 bridgehead atoms. The summed E-state index contributed by atoms with van der Waals surface area (Å²) in [5, 5.41) is 20.0. The maximum atomic E-state index is 13.5. The predicted molar refractivity (Wildman–Crippen MR) is 144 cm³/mol. The van der Waals surface area contributed by atoms with Crippen molar-refractivity contribution in [3.63, 3.8) is 0 Å². The molecule has 0 radical (unpaired) electrons. The van der Waals surface area contributed by atoms with Gasteiger partial charge in [-0.1, -0.05) is 29.8 Å². The van der Waals surface area contributed by atoms with E-state index in [0.717, 1.165) is 33.5 Å². The first-order chi connectivity index (χ1) is 20.7. The van der Waals surface area contributed by atoms with Gasteiger partial charge < -0.3 is 14.7 Å². The smallest absolute Gasteiger partial charge is 0.511 e. The molecule has 1 aliphatic heterocycles. The van der Waals surface area contributed by atoms with Crippen molar-refractivity contribution in [1.29, 1.82) is 0 Å². The Balaban J connectivity index is 1.46. The van der Waals surface area contributed by atoms with Gasteiger partial charge in [0.15, 0.2) is 11.7 Å². The molecule has 1 amide bonds. The molecular formula is C26H27F3N6O8S. The number of benzene rings is 2. The number of nitrogens with zero attached hydrogens (tertiary/aromatic N) is 5. The molecule has 1 saturated heterocycles. The molecule has 0 spiro atoms. The molecule has 1 unspecified atom stereocenters. The number of hydrazine groups is 1. The average Bonchev–Trinajstić information content (AvgIpc) is 3.38. The van der Waals surface area contributed by atoms with Gasteiger partial charge in [-0.3, -0.25) is 9.63 Å². The summed E-state index contributed by atoms with van der Waals surface area (Å²) in [4.78, 5) is 28.3. The molecule has 1 fully saturated rings. The fourth-order valence-electron chi connectivity index (χ4n) is 3.98. The molecule has 14 nitrogen and oxygen atoms in total. The van der Waals surface area contributed by atoms with Crippen molar-refractivity contribution in [1.82, 2.24) is 19.5 Å². The van der Waals surface area contributed by atoms with Gasteiger partial charge >= 0.3 is 12.3 Å². The summed E-state index contributed by atoms with van der Waals surface area (Å²) in [7, 11) is -4.45. The summed E-state index contributed by atoms with van der Waals surface area (Å²) >= 11 is 0.